The van der Waals surface area contributed by atoms with Crippen molar-refractivity contribution < 1.29 is 4.79 Å². The summed E-state index contributed by atoms with van der Waals surface area (Å²) in [6, 6.07) is 10.0. The summed E-state index contributed by atoms with van der Waals surface area (Å²) in [6.07, 6.45) is 0.491. The van der Waals surface area contributed by atoms with Gasteiger partial charge >= 0.3 is 0 Å². The second-order valence-electron chi connectivity index (χ2n) is 3.29. The SMILES string of the molecule is CNC(=O)CC(C)Nc1ccccc1. The Hall–Kier alpha value is -1.51. The number of carbonyl (C=O) groups is 1. The van der Waals surface area contributed by atoms with Crippen LogP contribution >= 0.6 is 0 Å². The number of carbonyl (C=O) groups excluding carboxylic acids is 1. The van der Waals surface area contributed by atoms with Gasteiger partial charge in [-0.3, -0.25) is 4.79 Å². The fourth-order valence-corrected chi connectivity index (χ4v) is 1.25. The summed E-state index contributed by atoms with van der Waals surface area (Å²) in [5, 5.41) is 5.85. The highest BCUT2D eigenvalue weighted by Gasteiger charge is 2.06. The zero-order valence-corrected chi connectivity index (χ0v) is 8.58. The molecule has 1 aromatic carbocycles. The second kappa shape index (κ2) is 5.27. The molecule has 0 radical (unpaired) electrons. The van der Waals surface area contributed by atoms with Crippen molar-refractivity contribution in [2.75, 3.05) is 12.4 Å². The lowest BCUT2D eigenvalue weighted by atomic mass is 10.2. The zero-order valence-electron chi connectivity index (χ0n) is 8.58. The summed E-state index contributed by atoms with van der Waals surface area (Å²) in [5.74, 6) is 0.0564. The number of rotatable bonds is 4. The molecule has 0 spiro atoms. The van der Waals surface area contributed by atoms with Gasteiger partial charge in [0.15, 0.2) is 0 Å². The van der Waals surface area contributed by atoms with Crippen LogP contribution in [0.3, 0.4) is 0 Å². The summed E-state index contributed by atoms with van der Waals surface area (Å²) in [6.45, 7) is 1.99. The van der Waals surface area contributed by atoms with Gasteiger partial charge in [0, 0.05) is 25.2 Å². The molecule has 3 heteroatoms. The van der Waals surface area contributed by atoms with Crippen LogP contribution in [-0.2, 0) is 4.79 Å². The molecular formula is C11H16N2O. The Labute approximate surface area is 84.5 Å². The van der Waals surface area contributed by atoms with E-state index in [-0.39, 0.29) is 11.9 Å². The minimum atomic E-state index is 0.0564. The van der Waals surface area contributed by atoms with Crippen LogP contribution in [0.1, 0.15) is 13.3 Å². The fourth-order valence-electron chi connectivity index (χ4n) is 1.25. The summed E-state index contributed by atoms with van der Waals surface area (Å²) in [7, 11) is 1.65. The van der Waals surface area contributed by atoms with E-state index in [2.05, 4.69) is 10.6 Å². The van der Waals surface area contributed by atoms with Crippen molar-refractivity contribution in [2.24, 2.45) is 0 Å². The predicted molar refractivity (Wildman–Crippen MR) is 58.2 cm³/mol. The lowest BCUT2D eigenvalue weighted by Crippen LogP contribution is -2.26. The Morgan fingerprint density at radius 2 is 2.00 bits per heavy atom. The van der Waals surface area contributed by atoms with E-state index in [0.29, 0.717) is 6.42 Å². The van der Waals surface area contributed by atoms with Crippen molar-refractivity contribution in [2.45, 2.75) is 19.4 Å². The van der Waals surface area contributed by atoms with Gasteiger partial charge in [-0.15, -0.1) is 0 Å². The Kier molecular flexibility index (Phi) is 3.98. The maximum Gasteiger partial charge on any atom is 0.221 e. The first-order chi connectivity index (χ1) is 6.72. The van der Waals surface area contributed by atoms with Gasteiger partial charge in [0.2, 0.25) is 5.91 Å². The van der Waals surface area contributed by atoms with Crippen LogP contribution in [0.5, 0.6) is 0 Å². The van der Waals surface area contributed by atoms with E-state index in [9.17, 15) is 4.79 Å². The number of anilines is 1. The third kappa shape index (κ3) is 3.47. The monoisotopic (exact) mass is 192 g/mol. The van der Waals surface area contributed by atoms with E-state index < -0.39 is 0 Å². The average molecular weight is 192 g/mol. The molecule has 1 rings (SSSR count). The van der Waals surface area contributed by atoms with E-state index in [0.717, 1.165) is 5.69 Å². The molecule has 0 saturated heterocycles. The van der Waals surface area contributed by atoms with E-state index >= 15 is 0 Å². The Balaban J connectivity index is 2.41. The standard InChI is InChI=1S/C11H16N2O/c1-9(8-11(14)12-2)13-10-6-4-3-5-7-10/h3-7,9,13H,8H2,1-2H3,(H,12,14). The number of hydrogen-bond acceptors (Lipinski definition) is 2. The van der Waals surface area contributed by atoms with Crippen LogP contribution in [-0.4, -0.2) is 19.0 Å². The predicted octanol–water partition coefficient (Wildman–Crippen LogP) is 1.62. The van der Waals surface area contributed by atoms with Gasteiger partial charge in [0.25, 0.3) is 0 Å². The smallest absolute Gasteiger partial charge is 0.221 e. The molecule has 0 aromatic heterocycles. The van der Waals surface area contributed by atoms with Crippen LogP contribution in [0.25, 0.3) is 0 Å². The lowest BCUT2D eigenvalue weighted by Gasteiger charge is -2.13. The van der Waals surface area contributed by atoms with Gasteiger partial charge in [-0.2, -0.15) is 0 Å². The second-order valence-corrected chi connectivity index (χ2v) is 3.29. The van der Waals surface area contributed by atoms with Gasteiger partial charge in [0.1, 0.15) is 0 Å². The molecule has 0 saturated carbocycles. The highest BCUT2D eigenvalue weighted by molar-refractivity contribution is 5.76. The topological polar surface area (TPSA) is 41.1 Å². The number of nitrogens with one attached hydrogen (secondary N) is 2. The first-order valence-corrected chi connectivity index (χ1v) is 4.74. The van der Waals surface area contributed by atoms with E-state index in [1.165, 1.54) is 0 Å². The van der Waals surface area contributed by atoms with Crippen LogP contribution in [0, 0.1) is 0 Å². The van der Waals surface area contributed by atoms with Gasteiger partial charge in [-0.1, -0.05) is 18.2 Å². The molecule has 3 nitrogen and oxygen atoms in total. The fraction of sp³-hybridized carbons (Fsp3) is 0.364. The molecule has 1 aromatic rings. The van der Waals surface area contributed by atoms with Crippen molar-refractivity contribution in [3.05, 3.63) is 30.3 Å². The van der Waals surface area contributed by atoms with Crippen molar-refractivity contribution in [3.63, 3.8) is 0 Å². The molecule has 2 N–H and O–H groups in total. The minimum absolute atomic E-state index is 0.0564. The maximum absolute atomic E-state index is 11.1. The third-order valence-electron chi connectivity index (χ3n) is 1.96. The lowest BCUT2D eigenvalue weighted by molar-refractivity contribution is -0.120. The maximum atomic E-state index is 11.1. The molecule has 1 amide bonds. The zero-order chi connectivity index (χ0) is 10.4. The summed E-state index contributed by atoms with van der Waals surface area (Å²) < 4.78 is 0. The van der Waals surface area contributed by atoms with Crippen molar-refractivity contribution in [3.8, 4) is 0 Å². The molecular weight excluding hydrogens is 176 g/mol. The normalized spacial score (nSPS) is 11.9. The molecule has 0 aliphatic carbocycles. The van der Waals surface area contributed by atoms with Gasteiger partial charge in [-0.05, 0) is 19.1 Å². The number of benzene rings is 1. The van der Waals surface area contributed by atoms with E-state index in [1.54, 1.807) is 7.05 Å². The number of hydrogen-bond donors (Lipinski definition) is 2. The number of amides is 1. The minimum Gasteiger partial charge on any atom is -0.382 e. The summed E-state index contributed by atoms with van der Waals surface area (Å²) in [5.41, 5.74) is 1.05. The molecule has 76 valence electrons. The van der Waals surface area contributed by atoms with Crippen LogP contribution in [0.4, 0.5) is 5.69 Å². The summed E-state index contributed by atoms with van der Waals surface area (Å²) >= 11 is 0. The number of para-hydroxylation sites is 1. The molecule has 1 atom stereocenters. The first-order valence-electron chi connectivity index (χ1n) is 4.74. The molecule has 1 unspecified atom stereocenters. The molecule has 0 aliphatic heterocycles. The Morgan fingerprint density at radius 3 is 2.57 bits per heavy atom. The summed E-state index contributed by atoms with van der Waals surface area (Å²) in [4.78, 5) is 11.1. The van der Waals surface area contributed by atoms with Gasteiger partial charge < -0.3 is 10.6 Å². The van der Waals surface area contributed by atoms with E-state index in [4.69, 9.17) is 0 Å². The molecule has 14 heavy (non-hydrogen) atoms. The highest BCUT2D eigenvalue weighted by atomic mass is 16.1. The quantitative estimate of drug-likeness (QED) is 0.761. The van der Waals surface area contributed by atoms with Crippen LogP contribution in [0.2, 0.25) is 0 Å². The largest absolute Gasteiger partial charge is 0.382 e. The van der Waals surface area contributed by atoms with Crippen LogP contribution < -0.4 is 10.6 Å². The van der Waals surface area contributed by atoms with Crippen molar-refractivity contribution >= 4 is 11.6 Å². The van der Waals surface area contributed by atoms with Gasteiger partial charge in [-0.25, -0.2) is 0 Å². The molecule has 0 aliphatic rings. The highest BCUT2D eigenvalue weighted by Crippen LogP contribution is 2.08. The first kappa shape index (κ1) is 10.6. The van der Waals surface area contributed by atoms with E-state index in [1.807, 2.05) is 37.3 Å². The van der Waals surface area contributed by atoms with Gasteiger partial charge in [0.05, 0.1) is 0 Å². The van der Waals surface area contributed by atoms with Crippen molar-refractivity contribution in [1.82, 2.24) is 5.32 Å². The van der Waals surface area contributed by atoms with Crippen LogP contribution in [0.15, 0.2) is 30.3 Å². The Bertz CT molecular complexity index is 285. The Morgan fingerprint density at radius 1 is 1.36 bits per heavy atom. The molecule has 0 fully saturated rings. The van der Waals surface area contributed by atoms with Crippen molar-refractivity contribution in [1.29, 1.82) is 0 Å². The molecule has 0 bridgehead atoms. The molecule has 0 heterocycles. The third-order valence-corrected chi connectivity index (χ3v) is 1.96. The average Bonchev–Trinajstić information content (AvgIpc) is 2.19.